The van der Waals surface area contributed by atoms with Gasteiger partial charge in [0, 0.05) is 8.27 Å². The first-order valence-electron chi connectivity index (χ1n) is 4.08. The van der Waals surface area contributed by atoms with E-state index in [1.54, 1.807) is 6.07 Å². The molecule has 0 bridgehead atoms. The van der Waals surface area contributed by atoms with Crippen molar-refractivity contribution in [3.05, 3.63) is 32.5 Å². The van der Waals surface area contributed by atoms with Crippen LogP contribution in [0.3, 0.4) is 0 Å². The van der Waals surface area contributed by atoms with Crippen LogP contribution in [0, 0.1) is 8.70 Å². The molecule has 0 nitrogen and oxygen atoms in total. The van der Waals surface area contributed by atoms with Gasteiger partial charge in [-0.2, -0.15) is 4.39 Å². The molecule has 0 saturated carbocycles. The summed E-state index contributed by atoms with van der Waals surface area (Å²) in [5.74, 6) is 0. The standard InChI is InChI=1S/C10H8FIS/c1-2-6-3-7(12)4-9-8(6)5-10(11)13-9/h3-5H,2H2,1H3. The summed E-state index contributed by atoms with van der Waals surface area (Å²) in [7, 11) is 0. The van der Waals surface area contributed by atoms with Crippen LogP contribution in [0.1, 0.15) is 12.5 Å². The van der Waals surface area contributed by atoms with E-state index >= 15 is 0 Å². The van der Waals surface area contributed by atoms with Gasteiger partial charge in [0.2, 0.25) is 0 Å². The molecule has 0 spiro atoms. The van der Waals surface area contributed by atoms with Crippen LogP contribution in [0.15, 0.2) is 18.2 Å². The Morgan fingerprint density at radius 3 is 2.85 bits per heavy atom. The Balaban J connectivity index is 2.80. The van der Waals surface area contributed by atoms with Crippen molar-refractivity contribution in [1.82, 2.24) is 0 Å². The Labute approximate surface area is 93.9 Å². The zero-order valence-electron chi connectivity index (χ0n) is 7.10. The second-order valence-electron chi connectivity index (χ2n) is 2.88. The summed E-state index contributed by atoms with van der Waals surface area (Å²) in [6.45, 7) is 2.10. The fraction of sp³-hybridized carbons (Fsp3) is 0.200. The van der Waals surface area contributed by atoms with Crippen molar-refractivity contribution in [3.8, 4) is 0 Å². The van der Waals surface area contributed by atoms with Gasteiger partial charge in [0.1, 0.15) is 0 Å². The normalized spacial score (nSPS) is 11.0. The van der Waals surface area contributed by atoms with Gasteiger partial charge in [0.25, 0.3) is 0 Å². The Kier molecular flexibility index (Phi) is 2.55. The largest absolute Gasteiger partial charge is 0.195 e. The van der Waals surface area contributed by atoms with Crippen molar-refractivity contribution in [2.24, 2.45) is 0 Å². The minimum Gasteiger partial charge on any atom is -0.195 e. The molecule has 2 aromatic rings. The van der Waals surface area contributed by atoms with E-state index in [4.69, 9.17) is 0 Å². The number of benzene rings is 1. The van der Waals surface area contributed by atoms with E-state index in [0.29, 0.717) is 0 Å². The summed E-state index contributed by atoms with van der Waals surface area (Å²) in [6.07, 6.45) is 0.962. The number of hydrogen-bond acceptors (Lipinski definition) is 1. The zero-order valence-corrected chi connectivity index (χ0v) is 10.1. The highest BCUT2D eigenvalue weighted by Crippen LogP contribution is 2.29. The molecular formula is C10H8FIS. The van der Waals surface area contributed by atoms with Crippen molar-refractivity contribution >= 4 is 44.0 Å². The molecule has 0 aliphatic heterocycles. The Bertz CT molecular complexity index is 447. The second-order valence-corrected chi connectivity index (χ2v) is 5.16. The SMILES string of the molecule is CCc1cc(I)cc2sc(F)cc12. The quantitative estimate of drug-likeness (QED) is 0.692. The summed E-state index contributed by atoms with van der Waals surface area (Å²) >= 11 is 3.49. The van der Waals surface area contributed by atoms with E-state index in [-0.39, 0.29) is 5.13 Å². The maximum atomic E-state index is 13.0. The monoisotopic (exact) mass is 306 g/mol. The van der Waals surface area contributed by atoms with Gasteiger partial charge in [-0.15, -0.1) is 11.3 Å². The number of halogens is 2. The molecule has 1 aromatic carbocycles. The summed E-state index contributed by atoms with van der Waals surface area (Å²) in [5.41, 5.74) is 1.24. The first-order chi connectivity index (χ1) is 6.20. The Morgan fingerprint density at radius 2 is 2.15 bits per heavy atom. The van der Waals surface area contributed by atoms with Crippen LogP contribution < -0.4 is 0 Å². The lowest BCUT2D eigenvalue weighted by molar-refractivity contribution is 0.658. The van der Waals surface area contributed by atoms with Crippen molar-refractivity contribution in [1.29, 1.82) is 0 Å². The van der Waals surface area contributed by atoms with Gasteiger partial charge >= 0.3 is 0 Å². The van der Waals surface area contributed by atoms with Gasteiger partial charge in [-0.25, -0.2) is 0 Å². The number of thiophene rings is 1. The van der Waals surface area contributed by atoms with Gasteiger partial charge in [0.15, 0.2) is 5.13 Å². The van der Waals surface area contributed by atoms with Gasteiger partial charge in [0.05, 0.1) is 0 Å². The molecule has 68 valence electrons. The van der Waals surface area contributed by atoms with E-state index < -0.39 is 0 Å². The molecule has 1 aromatic heterocycles. The molecule has 2 rings (SSSR count). The molecule has 13 heavy (non-hydrogen) atoms. The highest BCUT2D eigenvalue weighted by atomic mass is 127. The number of fused-ring (bicyclic) bond motifs is 1. The van der Waals surface area contributed by atoms with E-state index in [1.807, 2.05) is 6.07 Å². The number of hydrogen-bond donors (Lipinski definition) is 0. The van der Waals surface area contributed by atoms with Crippen LogP contribution >= 0.6 is 33.9 Å². The first-order valence-corrected chi connectivity index (χ1v) is 5.97. The van der Waals surface area contributed by atoms with Crippen LogP contribution in [-0.4, -0.2) is 0 Å². The second kappa shape index (κ2) is 3.53. The fourth-order valence-electron chi connectivity index (χ4n) is 1.44. The number of rotatable bonds is 1. The average Bonchev–Trinajstić information content (AvgIpc) is 2.43. The van der Waals surface area contributed by atoms with Gasteiger partial charge in [-0.1, -0.05) is 6.92 Å². The van der Waals surface area contributed by atoms with Crippen LogP contribution in [0.4, 0.5) is 4.39 Å². The highest BCUT2D eigenvalue weighted by molar-refractivity contribution is 14.1. The van der Waals surface area contributed by atoms with E-state index in [1.165, 1.54) is 20.5 Å². The molecule has 0 radical (unpaired) electrons. The average molecular weight is 306 g/mol. The summed E-state index contributed by atoms with van der Waals surface area (Å²) in [4.78, 5) is 0. The first kappa shape index (κ1) is 9.40. The maximum absolute atomic E-state index is 13.0. The summed E-state index contributed by atoms with van der Waals surface area (Å²) in [5, 5.41) is 0.983. The predicted molar refractivity (Wildman–Crippen MR) is 63.9 cm³/mol. The van der Waals surface area contributed by atoms with Gasteiger partial charge in [-0.05, 0) is 58.2 Å². The van der Waals surface area contributed by atoms with Crippen LogP contribution in [0.5, 0.6) is 0 Å². The van der Waals surface area contributed by atoms with Crippen molar-refractivity contribution in [3.63, 3.8) is 0 Å². The molecule has 0 fully saturated rings. The van der Waals surface area contributed by atoms with E-state index in [0.717, 1.165) is 16.5 Å². The maximum Gasteiger partial charge on any atom is 0.177 e. The van der Waals surface area contributed by atoms with Gasteiger partial charge in [-0.3, -0.25) is 0 Å². The van der Waals surface area contributed by atoms with Gasteiger partial charge < -0.3 is 0 Å². The highest BCUT2D eigenvalue weighted by Gasteiger charge is 2.05. The van der Waals surface area contributed by atoms with Crippen molar-refractivity contribution < 1.29 is 4.39 Å². The van der Waals surface area contributed by atoms with Crippen LogP contribution in [0.25, 0.3) is 10.1 Å². The molecule has 0 N–H and O–H groups in total. The molecule has 0 aliphatic carbocycles. The van der Waals surface area contributed by atoms with Crippen LogP contribution in [-0.2, 0) is 6.42 Å². The molecule has 0 atom stereocenters. The smallest absolute Gasteiger partial charge is 0.177 e. The molecule has 3 heteroatoms. The third-order valence-corrected chi connectivity index (χ3v) is 3.53. The number of aryl methyl sites for hydroxylation is 1. The topological polar surface area (TPSA) is 0 Å². The fourth-order valence-corrected chi connectivity index (χ4v) is 3.21. The van der Waals surface area contributed by atoms with Crippen LogP contribution in [0.2, 0.25) is 0 Å². The molecule has 0 saturated heterocycles. The van der Waals surface area contributed by atoms with E-state index in [2.05, 4.69) is 35.6 Å². The molecule has 0 aliphatic rings. The Hall–Kier alpha value is -0.160. The Morgan fingerprint density at radius 1 is 1.38 bits per heavy atom. The molecule has 0 amide bonds. The predicted octanol–water partition coefficient (Wildman–Crippen LogP) is 4.21. The summed E-state index contributed by atoms with van der Waals surface area (Å²) < 4.78 is 15.2. The lowest BCUT2D eigenvalue weighted by atomic mass is 10.1. The zero-order chi connectivity index (χ0) is 9.42. The van der Waals surface area contributed by atoms with Crippen molar-refractivity contribution in [2.75, 3.05) is 0 Å². The minimum atomic E-state index is -0.0910. The van der Waals surface area contributed by atoms with E-state index in [9.17, 15) is 4.39 Å². The lowest BCUT2D eigenvalue weighted by Gasteiger charge is -1.99. The molecule has 0 unspecified atom stereocenters. The molecular weight excluding hydrogens is 298 g/mol. The third kappa shape index (κ3) is 1.72. The minimum absolute atomic E-state index is 0.0910. The van der Waals surface area contributed by atoms with Crippen molar-refractivity contribution in [2.45, 2.75) is 13.3 Å². The summed E-state index contributed by atoms with van der Waals surface area (Å²) in [6, 6.07) is 5.78. The third-order valence-electron chi connectivity index (χ3n) is 2.04. The molecule has 1 heterocycles. The lowest BCUT2D eigenvalue weighted by Crippen LogP contribution is -1.81.